The third-order valence-corrected chi connectivity index (χ3v) is 4.45. The van der Waals surface area contributed by atoms with Crippen LogP contribution in [0.1, 0.15) is 53.8 Å². The van der Waals surface area contributed by atoms with Gasteiger partial charge in [0.1, 0.15) is 4.88 Å². The average molecular weight is 268 g/mol. The summed E-state index contributed by atoms with van der Waals surface area (Å²) in [4.78, 5) is 29.0. The van der Waals surface area contributed by atoms with Crippen LogP contribution in [0.2, 0.25) is 0 Å². The molecule has 1 fully saturated rings. The Bertz CT molecular complexity index is 476. The highest BCUT2D eigenvalue weighted by Gasteiger charge is 2.35. The van der Waals surface area contributed by atoms with Gasteiger partial charge in [0.05, 0.1) is 0 Å². The van der Waals surface area contributed by atoms with Crippen molar-refractivity contribution >= 4 is 28.2 Å². The van der Waals surface area contributed by atoms with Gasteiger partial charge in [0.15, 0.2) is 16.6 Å². The molecule has 0 saturated carbocycles. The molecule has 1 aromatic rings. The molecule has 1 saturated heterocycles. The minimum atomic E-state index is -1.14. The molecule has 0 aromatic carbocycles. The maximum Gasteiger partial charge on any atom is 0.356 e. The molecule has 2 rings (SSSR count). The van der Waals surface area contributed by atoms with Gasteiger partial charge in [-0.3, -0.25) is 4.79 Å². The van der Waals surface area contributed by atoms with Crippen molar-refractivity contribution in [2.75, 3.05) is 11.4 Å². The highest BCUT2D eigenvalue weighted by Crippen LogP contribution is 2.37. The number of carboxylic acids is 1. The van der Waals surface area contributed by atoms with Gasteiger partial charge in [0.25, 0.3) is 0 Å². The van der Waals surface area contributed by atoms with E-state index in [1.54, 1.807) is 0 Å². The van der Waals surface area contributed by atoms with Gasteiger partial charge >= 0.3 is 5.97 Å². The van der Waals surface area contributed by atoms with Crippen molar-refractivity contribution in [3.05, 3.63) is 10.6 Å². The van der Waals surface area contributed by atoms with Gasteiger partial charge in [-0.2, -0.15) is 0 Å². The van der Waals surface area contributed by atoms with Crippen molar-refractivity contribution in [3.8, 4) is 0 Å². The van der Waals surface area contributed by atoms with E-state index in [2.05, 4.69) is 23.7 Å². The second-order valence-corrected chi connectivity index (χ2v) is 6.08. The number of hydrogen-bond donors (Lipinski definition) is 1. The first kappa shape index (κ1) is 13.0. The van der Waals surface area contributed by atoms with Crippen LogP contribution in [0.15, 0.2) is 0 Å². The summed E-state index contributed by atoms with van der Waals surface area (Å²) in [5, 5.41) is 9.71. The van der Waals surface area contributed by atoms with E-state index in [0.717, 1.165) is 19.4 Å². The molecule has 1 aliphatic rings. The van der Waals surface area contributed by atoms with Gasteiger partial charge in [0.2, 0.25) is 0 Å². The Hall–Kier alpha value is -1.43. The Morgan fingerprint density at radius 3 is 2.50 bits per heavy atom. The average Bonchev–Trinajstić information content (AvgIpc) is 2.80. The molecule has 1 aliphatic heterocycles. The van der Waals surface area contributed by atoms with Crippen LogP contribution < -0.4 is 4.90 Å². The summed E-state index contributed by atoms with van der Waals surface area (Å²) in [6.07, 6.45) is 2.11. The zero-order valence-corrected chi connectivity index (χ0v) is 11.5. The summed E-state index contributed by atoms with van der Waals surface area (Å²) in [5.74, 6) is -1.38. The molecule has 18 heavy (non-hydrogen) atoms. The summed E-state index contributed by atoms with van der Waals surface area (Å²) >= 11 is 1.18. The molecular weight excluding hydrogens is 252 g/mol. The number of anilines is 1. The lowest BCUT2D eigenvalue weighted by atomic mass is 10.0. The topological polar surface area (TPSA) is 70.5 Å². The van der Waals surface area contributed by atoms with Crippen LogP contribution >= 0.6 is 11.3 Å². The van der Waals surface area contributed by atoms with Gasteiger partial charge in [-0.25, -0.2) is 9.78 Å². The second-order valence-electron chi connectivity index (χ2n) is 5.10. The number of nitrogens with zero attached hydrogens (tertiary/aromatic N) is 2. The van der Waals surface area contributed by atoms with Gasteiger partial charge in [-0.1, -0.05) is 11.3 Å². The Morgan fingerprint density at radius 1 is 1.44 bits per heavy atom. The van der Waals surface area contributed by atoms with E-state index in [-0.39, 0.29) is 21.9 Å². The fourth-order valence-corrected chi connectivity index (χ4v) is 3.41. The number of carbonyl (C=O) groups excluding carboxylic acids is 1. The number of carbonyl (C=O) groups is 2. The molecule has 0 atom stereocenters. The second kappa shape index (κ2) is 4.35. The third-order valence-electron chi connectivity index (χ3n) is 3.27. The molecule has 98 valence electrons. The predicted octanol–water partition coefficient (Wildman–Crippen LogP) is 2.42. The van der Waals surface area contributed by atoms with Crippen molar-refractivity contribution in [1.29, 1.82) is 0 Å². The van der Waals surface area contributed by atoms with Gasteiger partial charge in [-0.15, -0.1) is 0 Å². The molecule has 5 nitrogen and oxygen atoms in total. The number of aromatic carboxylic acids is 1. The SMILES string of the molecule is CC(=O)c1sc(N2CCCC2(C)C)nc1C(=O)O. The summed E-state index contributed by atoms with van der Waals surface area (Å²) in [6.45, 7) is 6.44. The first-order chi connectivity index (χ1) is 8.33. The number of rotatable bonds is 3. The third kappa shape index (κ3) is 2.12. The monoisotopic (exact) mass is 268 g/mol. The van der Waals surface area contributed by atoms with Crippen LogP contribution in [0.3, 0.4) is 0 Å². The van der Waals surface area contributed by atoms with Crippen LogP contribution in [0.5, 0.6) is 0 Å². The van der Waals surface area contributed by atoms with Crippen molar-refractivity contribution in [2.24, 2.45) is 0 Å². The lowest BCUT2D eigenvalue weighted by Gasteiger charge is -2.31. The van der Waals surface area contributed by atoms with Crippen LogP contribution in [0.4, 0.5) is 5.13 Å². The smallest absolute Gasteiger partial charge is 0.356 e. The maximum absolute atomic E-state index is 11.4. The fraction of sp³-hybridized carbons (Fsp3) is 0.583. The molecule has 0 amide bonds. The molecule has 1 aromatic heterocycles. The first-order valence-corrected chi connectivity index (χ1v) is 6.67. The van der Waals surface area contributed by atoms with Gasteiger partial charge in [-0.05, 0) is 26.7 Å². The van der Waals surface area contributed by atoms with Crippen LogP contribution in [0.25, 0.3) is 0 Å². The minimum absolute atomic E-state index is 0.0261. The summed E-state index contributed by atoms with van der Waals surface area (Å²) in [7, 11) is 0. The van der Waals surface area contributed by atoms with Gasteiger partial charge in [0, 0.05) is 19.0 Å². The van der Waals surface area contributed by atoms with E-state index in [9.17, 15) is 9.59 Å². The zero-order valence-electron chi connectivity index (χ0n) is 10.7. The van der Waals surface area contributed by atoms with Crippen LogP contribution in [-0.4, -0.2) is 33.9 Å². The Kier molecular flexibility index (Phi) is 3.14. The van der Waals surface area contributed by atoms with Crippen molar-refractivity contribution in [1.82, 2.24) is 4.98 Å². The lowest BCUT2D eigenvalue weighted by molar-refractivity contribution is 0.0687. The number of hydrogen-bond acceptors (Lipinski definition) is 5. The van der Waals surface area contributed by atoms with E-state index >= 15 is 0 Å². The molecule has 1 N–H and O–H groups in total. The molecule has 2 heterocycles. The fourth-order valence-electron chi connectivity index (χ4n) is 2.27. The zero-order chi connectivity index (χ0) is 13.5. The van der Waals surface area contributed by atoms with Gasteiger partial charge < -0.3 is 10.0 Å². The highest BCUT2D eigenvalue weighted by molar-refractivity contribution is 7.17. The van der Waals surface area contributed by atoms with Crippen LogP contribution in [0, 0.1) is 0 Å². The van der Waals surface area contributed by atoms with E-state index in [1.165, 1.54) is 18.3 Å². The van der Waals surface area contributed by atoms with Crippen molar-refractivity contribution < 1.29 is 14.7 Å². The molecule has 0 aliphatic carbocycles. The Morgan fingerprint density at radius 2 is 2.11 bits per heavy atom. The molecule has 0 unspecified atom stereocenters. The van der Waals surface area contributed by atoms with E-state index in [4.69, 9.17) is 5.11 Å². The first-order valence-electron chi connectivity index (χ1n) is 5.85. The number of carboxylic acid groups (broad SMARTS) is 1. The quantitative estimate of drug-likeness (QED) is 0.852. The largest absolute Gasteiger partial charge is 0.476 e. The number of aromatic nitrogens is 1. The predicted molar refractivity (Wildman–Crippen MR) is 69.7 cm³/mol. The molecular formula is C12H16N2O3S. The normalized spacial score (nSPS) is 18.1. The Balaban J connectivity index is 2.44. The summed E-state index contributed by atoms with van der Waals surface area (Å²) < 4.78 is 0. The van der Waals surface area contributed by atoms with E-state index in [0.29, 0.717) is 5.13 Å². The summed E-state index contributed by atoms with van der Waals surface area (Å²) in [5.41, 5.74) is -0.146. The minimum Gasteiger partial charge on any atom is -0.476 e. The lowest BCUT2D eigenvalue weighted by Crippen LogP contribution is -2.38. The number of Topliss-reactive ketones (excluding diaryl/α,β-unsaturated/α-hetero) is 1. The van der Waals surface area contributed by atoms with Crippen molar-refractivity contribution in [2.45, 2.75) is 39.2 Å². The molecule has 0 radical (unpaired) electrons. The summed E-state index contributed by atoms with van der Waals surface area (Å²) in [6, 6.07) is 0. The van der Waals surface area contributed by atoms with E-state index < -0.39 is 5.97 Å². The number of thiazole rings is 1. The Labute approximate surface area is 109 Å². The van der Waals surface area contributed by atoms with Crippen LogP contribution in [-0.2, 0) is 0 Å². The molecule has 6 heteroatoms. The van der Waals surface area contributed by atoms with Crippen molar-refractivity contribution in [3.63, 3.8) is 0 Å². The van der Waals surface area contributed by atoms with E-state index in [1.807, 2.05) is 0 Å². The molecule has 0 bridgehead atoms. The standard InChI is InChI=1S/C12H16N2O3S/c1-7(15)9-8(10(16)17)13-11(18-9)14-6-4-5-12(14,2)3/h4-6H2,1-3H3,(H,16,17). The molecule has 0 spiro atoms. The maximum atomic E-state index is 11.4. The highest BCUT2D eigenvalue weighted by atomic mass is 32.1. The number of ketones is 1.